The van der Waals surface area contributed by atoms with Crippen molar-refractivity contribution in [3.63, 3.8) is 0 Å². The first-order valence-corrected chi connectivity index (χ1v) is 14.9. The van der Waals surface area contributed by atoms with Crippen molar-refractivity contribution in [3.05, 3.63) is 146 Å². The molecular formula is C42H24O. The highest BCUT2D eigenvalue weighted by Gasteiger charge is 2.25. The van der Waals surface area contributed by atoms with Crippen LogP contribution in [0.15, 0.2) is 150 Å². The molecule has 1 aromatic heterocycles. The molecule has 0 N–H and O–H groups in total. The Balaban J connectivity index is 1.49. The summed E-state index contributed by atoms with van der Waals surface area (Å²) in [6.07, 6.45) is 0. The van der Waals surface area contributed by atoms with Gasteiger partial charge in [-0.25, -0.2) is 0 Å². The molecule has 1 heteroatoms. The predicted molar refractivity (Wildman–Crippen MR) is 183 cm³/mol. The minimum atomic E-state index is 0.922. The maximum Gasteiger partial charge on any atom is 0.135 e. The standard InChI is InChI=1S/C42H24O/c1-3-11-25(12-4-1)37-29-17-9-10-18-30(29)38(26-13-5-2-6-14-26)42-33-21-22-35-40-31(19-20-32(39(33)40)41(37)42)34-23-27-15-7-8-16-28(27)24-36(34)43-35/h1-24H. The lowest BCUT2D eigenvalue weighted by atomic mass is 9.86. The number of fused-ring (bicyclic) bond motifs is 7. The monoisotopic (exact) mass is 544 g/mol. The van der Waals surface area contributed by atoms with E-state index in [0.717, 1.165) is 16.6 Å². The van der Waals surface area contributed by atoms with Crippen molar-refractivity contribution in [1.29, 1.82) is 0 Å². The van der Waals surface area contributed by atoms with Gasteiger partial charge in [0.05, 0.1) is 0 Å². The van der Waals surface area contributed by atoms with Crippen molar-refractivity contribution < 1.29 is 4.42 Å². The largest absolute Gasteiger partial charge is 0.456 e. The molecule has 198 valence electrons. The highest BCUT2D eigenvalue weighted by Crippen LogP contribution is 2.52. The summed E-state index contributed by atoms with van der Waals surface area (Å²) in [4.78, 5) is 0. The zero-order valence-electron chi connectivity index (χ0n) is 23.3. The second kappa shape index (κ2) is 8.44. The Bertz CT molecular complexity index is 2600. The van der Waals surface area contributed by atoms with Crippen LogP contribution in [-0.4, -0.2) is 0 Å². The number of benzene rings is 8. The first kappa shape index (κ1) is 23.0. The molecule has 1 heterocycles. The Morgan fingerprint density at radius 1 is 0.302 bits per heavy atom. The Hall–Kier alpha value is -5.66. The van der Waals surface area contributed by atoms with Crippen LogP contribution in [0, 0.1) is 0 Å². The maximum atomic E-state index is 6.70. The molecule has 0 fully saturated rings. The van der Waals surface area contributed by atoms with Crippen LogP contribution in [0.5, 0.6) is 0 Å². The number of hydrogen-bond donors (Lipinski definition) is 0. The molecule has 0 unspecified atom stereocenters. The van der Waals surface area contributed by atoms with Crippen LogP contribution in [0.1, 0.15) is 0 Å². The molecule has 0 saturated heterocycles. The van der Waals surface area contributed by atoms with E-state index in [4.69, 9.17) is 4.42 Å². The molecule has 0 atom stereocenters. The van der Waals surface area contributed by atoms with Gasteiger partial charge in [0.25, 0.3) is 0 Å². The van der Waals surface area contributed by atoms with Gasteiger partial charge in [0.1, 0.15) is 11.2 Å². The molecule has 0 amide bonds. The van der Waals surface area contributed by atoms with Crippen molar-refractivity contribution in [2.75, 3.05) is 0 Å². The maximum absolute atomic E-state index is 6.70. The van der Waals surface area contributed by atoms with Gasteiger partial charge in [-0.2, -0.15) is 0 Å². The number of hydrogen-bond acceptors (Lipinski definition) is 1. The van der Waals surface area contributed by atoms with Crippen LogP contribution in [0.4, 0.5) is 0 Å². The molecule has 10 rings (SSSR count). The van der Waals surface area contributed by atoms with E-state index < -0.39 is 0 Å². The Kier molecular flexibility index (Phi) is 4.51. The van der Waals surface area contributed by atoms with Gasteiger partial charge < -0.3 is 4.42 Å². The third-order valence-electron chi connectivity index (χ3n) is 9.36. The quantitative estimate of drug-likeness (QED) is 0.156. The molecule has 0 radical (unpaired) electrons. The van der Waals surface area contributed by atoms with Crippen LogP contribution in [0.3, 0.4) is 0 Å². The summed E-state index contributed by atoms with van der Waals surface area (Å²) in [5, 5.41) is 15.0. The van der Waals surface area contributed by atoms with Crippen molar-refractivity contribution in [2.45, 2.75) is 0 Å². The molecule has 0 spiro atoms. The summed E-state index contributed by atoms with van der Waals surface area (Å²) in [5.41, 5.74) is 6.91. The first-order valence-electron chi connectivity index (χ1n) is 14.9. The van der Waals surface area contributed by atoms with Gasteiger partial charge >= 0.3 is 0 Å². The van der Waals surface area contributed by atoms with Gasteiger partial charge in [0.15, 0.2) is 0 Å². The van der Waals surface area contributed by atoms with Crippen molar-refractivity contribution in [2.24, 2.45) is 0 Å². The SMILES string of the molecule is c1ccc(-c2c3ccccc3c(-c3ccccc3)c3c4ccc5c6cc7ccccc7cc6oc6ccc(c23)c4c65)cc1. The summed E-state index contributed by atoms with van der Waals surface area (Å²) in [5.74, 6) is 0. The average Bonchev–Trinajstić information content (AvgIpc) is 3.40. The fourth-order valence-electron chi connectivity index (χ4n) is 7.61. The summed E-state index contributed by atoms with van der Waals surface area (Å²) in [6.45, 7) is 0. The lowest BCUT2D eigenvalue weighted by Crippen LogP contribution is -1.89. The lowest BCUT2D eigenvalue weighted by molar-refractivity contribution is 0.663. The summed E-state index contributed by atoms with van der Waals surface area (Å²) >= 11 is 0. The van der Waals surface area contributed by atoms with E-state index in [1.807, 2.05) is 0 Å². The van der Waals surface area contributed by atoms with Gasteiger partial charge in [-0.1, -0.05) is 121 Å². The molecule has 0 bridgehead atoms. The summed E-state index contributed by atoms with van der Waals surface area (Å²) in [7, 11) is 0. The lowest BCUT2D eigenvalue weighted by Gasteiger charge is -2.16. The highest BCUT2D eigenvalue weighted by molar-refractivity contribution is 6.43. The van der Waals surface area contributed by atoms with Gasteiger partial charge in [-0.3, -0.25) is 0 Å². The average molecular weight is 545 g/mol. The van der Waals surface area contributed by atoms with Gasteiger partial charge in [-0.15, -0.1) is 0 Å². The Morgan fingerprint density at radius 2 is 0.814 bits per heavy atom. The third-order valence-corrected chi connectivity index (χ3v) is 9.36. The minimum Gasteiger partial charge on any atom is -0.456 e. The highest BCUT2D eigenvalue weighted by atomic mass is 16.3. The van der Waals surface area contributed by atoms with E-state index in [1.165, 1.54) is 81.5 Å². The van der Waals surface area contributed by atoms with E-state index >= 15 is 0 Å². The van der Waals surface area contributed by atoms with Crippen molar-refractivity contribution in [3.8, 4) is 22.3 Å². The number of rotatable bonds is 2. The van der Waals surface area contributed by atoms with E-state index in [-0.39, 0.29) is 0 Å². The molecular weight excluding hydrogens is 520 g/mol. The van der Waals surface area contributed by atoms with E-state index in [1.54, 1.807) is 0 Å². The Labute approximate surface area is 247 Å². The molecule has 0 aliphatic rings. The molecule has 1 nitrogen and oxygen atoms in total. The third kappa shape index (κ3) is 3.06. The fraction of sp³-hybridized carbons (Fsp3) is 0. The van der Waals surface area contributed by atoms with E-state index in [0.29, 0.717) is 0 Å². The van der Waals surface area contributed by atoms with Crippen molar-refractivity contribution >= 4 is 75.8 Å². The smallest absolute Gasteiger partial charge is 0.135 e. The second-order valence-electron chi connectivity index (χ2n) is 11.6. The van der Waals surface area contributed by atoms with Crippen molar-refractivity contribution in [1.82, 2.24) is 0 Å². The molecule has 0 saturated carbocycles. The molecule has 9 aromatic carbocycles. The summed E-state index contributed by atoms with van der Waals surface area (Å²) in [6, 6.07) is 52.9. The normalized spacial score (nSPS) is 12.2. The first-order chi connectivity index (χ1) is 21.3. The van der Waals surface area contributed by atoms with Gasteiger partial charge in [-0.05, 0) is 95.0 Å². The Morgan fingerprint density at radius 3 is 1.44 bits per heavy atom. The second-order valence-corrected chi connectivity index (χ2v) is 11.6. The molecule has 43 heavy (non-hydrogen) atoms. The van der Waals surface area contributed by atoms with E-state index in [2.05, 4.69) is 146 Å². The van der Waals surface area contributed by atoms with Crippen LogP contribution in [-0.2, 0) is 0 Å². The molecule has 0 aliphatic carbocycles. The zero-order chi connectivity index (χ0) is 28.1. The van der Waals surface area contributed by atoms with E-state index in [9.17, 15) is 0 Å². The minimum absolute atomic E-state index is 0.922. The van der Waals surface area contributed by atoms with Gasteiger partial charge in [0, 0.05) is 16.2 Å². The zero-order valence-corrected chi connectivity index (χ0v) is 23.3. The predicted octanol–water partition coefficient (Wildman–Crippen LogP) is 12.1. The van der Waals surface area contributed by atoms with Crippen LogP contribution in [0.2, 0.25) is 0 Å². The molecule has 0 aliphatic heterocycles. The summed E-state index contributed by atoms with van der Waals surface area (Å²) < 4.78 is 6.70. The van der Waals surface area contributed by atoms with Gasteiger partial charge in [0.2, 0.25) is 0 Å². The van der Waals surface area contributed by atoms with Crippen LogP contribution in [0.25, 0.3) is 98.1 Å². The fourth-order valence-corrected chi connectivity index (χ4v) is 7.61. The van der Waals surface area contributed by atoms with Crippen LogP contribution >= 0.6 is 0 Å². The van der Waals surface area contributed by atoms with Crippen LogP contribution < -0.4 is 0 Å². The topological polar surface area (TPSA) is 13.1 Å². The molecule has 10 aromatic rings.